The summed E-state index contributed by atoms with van der Waals surface area (Å²) in [5, 5.41) is 9.46. The van der Waals surface area contributed by atoms with Crippen molar-refractivity contribution in [3.63, 3.8) is 0 Å². The fourth-order valence-electron chi connectivity index (χ4n) is 1.73. The Morgan fingerprint density at radius 2 is 2.18 bits per heavy atom. The Kier molecular flexibility index (Phi) is 5.45. The van der Waals surface area contributed by atoms with E-state index in [2.05, 4.69) is 18.7 Å². The maximum absolute atomic E-state index is 10.6. The van der Waals surface area contributed by atoms with Crippen molar-refractivity contribution in [3.8, 4) is 0 Å². The number of hydrogen-bond donors (Lipinski definition) is 1. The second-order valence-corrected chi connectivity index (χ2v) is 4.60. The third-order valence-corrected chi connectivity index (χ3v) is 2.90. The van der Waals surface area contributed by atoms with Gasteiger partial charge in [0, 0.05) is 24.8 Å². The quantitative estimate of drug-likeness (QED) is 0.795. The highest BCUT2D eigenvalue weighted by Crippen LogP contribution is 2.28. The Morgan fingerprint density at radius 3 is 2.65 bits per heavy atom. The highest BCUT2D eigenvalue weighted by Gasteiger charge is 2.13. The van der Waals surface area contributed by atoms with Crippen molar-refractivity contribution in [1.82, 2.24) is 0 Å². The highest BCUT2D eigenvalue weighted by atomic mass is 35.5. The van der Waals surface area contributed by atoms with Crippen LogP contribution in [0.25, 0.3) is 0 Å². The Balaban J connectivity index is 2.97. The van der Waals surface area contributed by atoms with E-state index in [1.165, 1.54) is 0 Å². The standard InChI is InChI=1S/C13H18ClNO2/c1-10(2)15(6-3-7-16)13-5-4-11(9-17)8-12(13)14/h4-5,8-10,16H,3,6-7H2,1-2H3. The number of nitrogens with zero attached hydrogens (tertiary/aromatic N) is 1. The minimum absolute atomic E-state index is 0.160. The van der Waals surface area contributed by atoms with Gasteiger partial charge in [-0.2, -0.15) is 0 Å². The van der Waals surface area contributed by atoms with E-state index in [0.29, 0.717) is 23.0 Å². The largest absolute Gasteiger partial charge is 0.396 e. The summed E-state index contributed by atoms with van der Waals surface area (Å²) in [4.78, 5) is 12.8. The zero-order valence-electron chi connectivity index (χ0n) is 10.2. The molecule has 1 aromatic carbocycles. The molecular weight excluding hydrogens is 238 g/mol. The molecule has 94 valence electrons. The molecule has 0 saturated carbocycles. The van der Waals surface area contributed by atoms with Crippen LogP contribution in [0, 0.1) is 0 Å². The summed E-state index contributed by atoms with van der Waals surface area (Å²) in [6.45, 7) is 5.05. The maximum Gasteiger partial charge on any atom is 0.150 e. The molecule has 17 heavy (non-hydrogen) atoms. The monoisotopic (exact) mass is 255 g/mol. The third kappa shape index (κ3) is 3.72. The van der Waals surface area contributed by atoms with Gasteiger partial charge in [-0.1, -0.05) is 11.6 Å². The van der Waals surface area contributed by atoms with Crippen LogP contribution in [0.4, 0.5) is 5.69 Å². The van der Waals surface area contributed by atoms with Crippen molar-refractivity contribution in [2.75, 3.05) is 18.1 Å². The normalized spacial score (nSPS) is 10.6. The molecule has 0 bridgehead atoms. The van der Waals surface area contributed by atoms with Gasteiger partial charge in [0.1, 0.15) is 6.29 Å². The van der Waals surface area contributed by atoms with Gasteiger partial charge in [0.25, 0.3) is 0 Å². The van der Waals surface area contributed by atoms with Crippen molar-refractivity contribution in [3.05, 3.63) is 28.8 Å². The van der Waals surface area contributed by atoms with Crippen molar-refractivity contribution >= 4 is 23.6 Å². The molecule has 0 saturated heterocycles. The summed E-state index contributed by atoms with van der Waals surface area (Å²) in [6.07, 6.45) is 1.48. The number of aldehydes is 1. The van der Waals surface area contributed by atoms with Crippen LogP contribution < -0.4 is 4.90 Å². The smallest absolute Gasteiger partial charge is 0.150 e. The van der Waals surface area contributed by atoms with Crippen LogP contribution >= 0.6 is 11.6 Å². The zero-order chi connectivity index (χ0) is 12.8. The number of aliphatic hydroxyl groups is 1. The summed E-state index contributed by atoms with van der Waals surface area (Å²) in [7, 11) is 0. The molecule has 0 aliphatic carbocycles. The van der Waals surface area contributed by atoms with E-state index in [1.54, 1.807) is 12.1 Å². The summed E-state index contributed by atoms with van der Waals surface area (Å²) >= 11 is 6.16. The summed E-state index contributed by atoms with van der Waals surface area (Å²) in [6, 6.07) is 5.56. The molecule has 1 aromatic rings. The number of aliphatic hydroxyl groups excluding tert-OH is 1. The molecule has 1 N–H and O–H groups in total. The van der Waals surface area contributed by atoms with Crippen LogP contribution in [0.5, 0.6) is 0 Å². The van der Waals surface area contributed by atoms with Crippen LogP contribution in [-0.4, -0.2) is 30.6 Å². The predicted octanol–water partition coefficient (Wildman–Crippen LogP) is 2.75. The molecule has 0 amide bonds. The van der Waals surface area contributed by atoms with Gasteiger partial charge in [0.05, 0.1) is 10.7 Å². The molecule has 0 radical (unpaired) electrons. The van der Waals surface area contributed by atoms with Gasteiger partial charge in [-0.05, 0) is 38.5 Å². The molecule has 0 fully saturated rings. The van der Waals surface area contributed by atoms with E-state index in [0.717, 1.165) is 18.5 Å². The number of rotatable bonds is 6. The first-order chi connectivity index (χ1) is 8.10. The number of halogens is 1. The number of hydrogen-bond acceptors (Lipinski definition) is 3. The van der Waals surface area contributed by atoms with Gasteiger partial charge < -0.3 is 10.0 Å². The topological polar surface area (TPSA) is 40.5 Å². The van der Waals surface area contributed by atoms with Gasteiger partial charge in [0.15, 0.2) is 0 Å². The Labute approximate surface area is 107 Å². The highest BCUT2D eigenvalue weighted by molar-refractivity contribution is 6.33. The average molecular weight is 256 g/mol. The Morgan fingerprint density at radius 1 is 1.47 bits per heavy atom. The fourth-order valence-corrected chi connectivity index (χ4v) is 2.02. The zero-order valence-corrected chi connectivity index (χ0v) is 10.9. The van der Waals surface area contributed by atoms with E-state index in [1.807, 2.05) is 6.07 Å². The molecule has 0 aliphatic rings. The molecule has 0 heterocycles. The van der Waals surface area contributed by atoms with Gasteiger partial charge >= 0.3 is 0 Å². The molecule has 4 heteroatoms. The fraction of sp³-hybridized carbons (Fsp3) is 0.462. The van der Waals surface area contributed by atoms with Crippen LogP contribution in [-0.2, 0) is 0 Å². The molecule has 0 aromatic heterocycles. The lowest BCUT2D eigenvalue weighted by molar-refractivity contribution is 0.112. The Hall–Kier alpha value is -1.06. The first kappa shape index (κ1) is 14.0. The van der Waals surface area contributed by atoms with Crippen LogP contribution in [0.1, 0.15) is 30.6 Å². The number of carbonyl (C=O) groups is 1. The van der Waals surface area contributed by atoms with Crippen LogP contribution in [0.3, 0.4) is 0 Å². The minimum Gasteiger partial charge on any atom is -0.396 e. The van der Waals surface area contributed by atoms with E-state index >= 15 is 0 Å². The minimum atomic E-state index is 0.160. The third-order valence-electron chi connectivity index (χ3n) is 2.60. The van der Waals surface area contributed by atoms with Crippen molar-refractivity contribution in [2.45, 2.75) is 26.3 Å². The molecule has 0 unspecified atom stereocenters. The lowest BCUT2D eigenvalue weighted by atomic mass is 10.1. The molecule has 1 rings (SSSR count). The van der Waals surface area contributed by atoms with E-state index in [-0.39, 0.29) is 6.61 Å². The van der Waals surface area contributed by atoms with Crippen molar-refractivity contribution < 1.29 is 9.90 Å². The summed E-state index contributed by atoms with van der Waals surface area (Å²) in [5.74, 6) is 0. The second kappa shape index (κ2) is 6.62. The van der Waals surface area contributed by atoms with Crippen molar-refractivity contribution in [2.24, 2.45) is 0 Å². The molecule has 0 spiro atoms. The SMILES string of the molecule is CC(C)N(CCCO)c1ccc(C=O)cc1Cl. The number of carbonyl (C=O) groups excluding carboxylic acids is 1. The molecule has 0 atom stereocenters. The number of anilines is 1. The predicted molar refractivity (Wildman–Crippen MR) is 71.0 cm³/mol. The van der Waals surface area contributed by atoms with E-state index < -0.39 is 0 Å². The molecular formula is C13H18ClNO2. The van der Waals surface area contributed by atoms with Crippen LogP contribution in [0.2, 0.25) is 5.02 Å². The van der Waals surface area contributed by atoms with E-state index in [9.17, 15) is 4.79 Å². The number of benzene rings is 1. The van der Waals surface area contributed by atoms with Gasteiger partial charge in [-0.15, -0.1) is 0 Å². The first-order valence-corrected chi connectivity index (χ1v) is 6.10. The lowest BCUT2D eigenvalue weighted by Crippen LogP contribution is -2.32. The molecule has 3 nitrogen and oxygen atoms in total. The van der Waals surface area contributed by atoms with Crippen LogP contribution in [0.15, 0.2) is 18.2 Å². The summed E-state index contributed by atoms with van der Waals surface area (Å²) < 4.78 is 0. The van der Waals surface area contributed by atoms with Gasteiger partial charge in [-0.3, -0.25) is 4.79 Å². The first-order valence-electron chi connectivity index (χ1n) is 5.72. The molecule has 0 aliphatic heterocycles. The summed E-state index contributed by atoms with van der Waals surface area (Å²) in [5.41, 5.74) is 1.48. The second-order valence-electron chi connectivity index (χ2n) is 4.19. The van der Waals surface area contributed by atoms with Gasteiger partial charge in [0.2, 0.25) is 0 Å². The van der Waals surface area contributed by atoms with E-state index in [4.69, 9.17) is 16.7 Å². The maximum atomic E-state index is 10.6. The van der Waals surface area contributed by atoms with Crippen molar-refractivity contribution in [1.29, 1.82) is 0 Å². The lowest BCUT2D eigenvalue weighted by Gasteiger charge is -2.29. The van der Waals surface area contributed by atoms with Gasteiger partial charge in [-0.25, -0.2) is 0 Å². The average Bonchev–Trinajstić information content (AvgIpc) is 2.30. The Bertz CT molecular complexity index is 380.